The summed E-state index contributed by atoms with van der Waals surface area (Å²) in [6, 6.07) is 9.44. The van der Waals surface area contributed by atoms with Crippen LogP contribution >= 0.6 is 0 Å². The number of likely N-dealkylation sites (tertiary alicyclic amines) is 1. The average molecular weight is 329 g/mol. The van der Waals surface area contributed by atoms with Gasteiger partial charge in [-0.1, -0.05) is 30.3 Å². The first-order valence-electron chi connectivity index (χ1n) is 8.90. The first-order chi connectivity index (χ1) is 11.5. The highest BCUT2D eigenvalue weighted by molar-refractivity contribution is 5.88. The van der Waals surface area contributed by atoms with Crippen molar-refractivity contribution in [1.29, 1.82) is 0 Å². The molecule has 1 aliphatic heterocycles. The van der Waals surface area contributed by atoms with E-state index < -0.39 is 5.54 Å². The molecule has 1 aromatic carbocycles. The molecule has 24 heavy (non-hydrogen) atoms. The molecule has 0 radical (unpaired) electrons. The molecule has 2 fully saturated rings. The van der Waals surface area contributed by atoms with Crippen LogP contribution in [-0.2, 0) is 15.1 Å². The lowest BCUT2D eigenvalue weighted by Gasteiger charge is -2.37. The summed E-state index contributed by atoms with van der Waals surface area (Å²) in [5.41, 5.74) is 6.09. The van der Waals surface area contributed by atoms with Crippen LogP contribution in [0.5, 0.6) is 0 Å². The number of hydrogen-bond acceptors (Lipinski definition) is 3. The maximum atomic E-state index is 12.9. The first kappa shape index (κ1) is 17.0. The van der Waals surface area contributed by atoms with Crippen molar-refractivity contribution >= 4 is 11.8 Å². The second-order valence-corrected chi connectivity index (χ2v) is 7.35. The maximum absolute atomic E-state index is 12.9. The molecule has 0 aromatic heterocycles. The Labute approximate surface area is 143 Å². The third-order valence-electron chi connectivity index (χ3n) is 5.16. The molecular formula is C19H27N3O2. The normalized spacial score (nSPS) is 23.4. The molecule has 5 nitrogen and oxygen atoms in total. The molecule has 3 rings (SSSR count). The summed E-state index contributed by atoms with van der Waals surface area (Å²) < 4.78 is 0. The Balaban J connectivity index is 1.62. The van der Waals surface area contributed by atoms with Crippen molar-refractivity contribution in [1.82, 2.24) is 10.2 Å². The minimum absolute atomic E-state index is 0.0813. The van der Waals surface area contributed by atoms with Gasteiger partial charge in [-0.3, -0.25) is 9.59 Å². The topological polar surface area (TPSA) is 75.4 Å². The highest BCUT2D eigenvalue weighted by atomic mass is 16.2. The van der Waals surface area contributed by atoms with Crippen LogP contribution in [0.25, 0.3) is 0 Å². The van der Waals surface area contributed by atoms with Crippen LogP contribution in [0.15, 0.2) is 30.3 Å². The zero-order valence-electron chi connectivity index (χ0n) is 14.3. The molecule has 1 saturated heterocycles. The molecular weight excluding hydrogens is 302 g/mol. The number of benzene rings is 1. The van der Waals surface area contributed by atoms with E-state index >= 15 is 0 Å². The maximum Gasteiger partial charge on any atom is 0.246 e. The number of amides is 2. The van der Waals surface area contributed by atoms with E-state index in [1.54, 1.807) is 11.8 Å². The Bertz CT molecular complexity index is 596. The molecule has 1 aromatic rings. The molecule has 5 heteroatoms. The van der Waals surface area contributed by atoms with Crippen molar-refractivity contribution in [3.63, 3.8) is 0 Å². The van der Waals surface area contributed by atoms with Gasteiger partial charge in [-0.25, -0.2) is 0 Å². The van der Waals surface area contributed by atoms with E-state index in [1.807, 2.05) is 30.3 Å². The first-order valence-corrected chi connectivity index (χ1v) is 8.90. The summed E-state index contributed by atoms with van der Waals surface area (Å²) >= 11 is 0. The van der Waals surface area contributed by atoms with Crippen LogP contribution in [0.1, 0.15) is 38.2 Å². The van der Waals surface area contributed by atoms with E-state index in [9.17, 15) is 9.59 Å². The quantitative estimate of drug-likeness (QED) is 0.862. The molecule has 2 unspecified atom stereocenters. The second-order valence-electron chi connectivity index (χ2n) is 7.35. The Kier molecular flexibility index (Phi) is 4.90. The predicted molar refractivity (Wildman–Crippen MR) is 93.0 cm³/mol. The van der Waals surface area contributed by atoms with Crippen molar-refractivity contribution in [2.24, 2.45) is 17.6 Å². The van der Waals surface area contributed by atoms with Gasteiger partial charge in [-0.05, 0) is 44.1 Å². The predicted octanol–water partition coefficient (Wildman–Crippen LogP) is 1.63. The fraction of sp³-hybridized carbons (Fsp3) is 0.579. The largest absolute Gasteiger partial charge is 0.356 e. The molecule has 2 aliphatic rings. The molecule has 2 atom stereocenters. The number of hydrogen-bond donors (Lipinski definition) is 2. The van der Waals surface area contributed by atoms with E-state index in [2.05, 4.69) is 5.32 Å². The average Bonchev–Trinajstić information content (AvgIpc) is 3.44. The van der Waals surface area contributed by atoms with Crippen molar-refractivity contribution in [2.45, 2.75) is 38.1 Å². The van der Waals surface area contributed by atoms with Crippen LogP contribution in [0.2, 0.25) is 0 Å². The minimum atomic E-state index is -1.06. The summed E-state index contributed by atoms with van der Waals surface area (Å²) in [6.45, 7) is 3.67. The number of piperidine rings is 1. The van der Waals surface area contributed by atoms with Crippen LogP contribution in [0.3, 0.4) is 0 Å². The Morgan fingerprint density at radius 2 is 1.96 bits per heavy atom. The number of carbonyl (C=O) groups is 2. The highest BCUT2D eigenvalue weighted by Crippen LogP contribution is 2.28. The zero-order valence-corrected chi connectivity index (χ0v) is 14.3. The Morgan fingerprint density at radius 3 is 2.62 bits per heavy atom. The summed E-state index contributed by atoms with van der Waals surface area (Å²) in [4.78, 5) is 27.0. The lowest BCUT2D eigenvalue weighted by Crippen LogP contribution is -2.55. The highest BCUT2D eigenvalue weighted by Gasteiger charge is 2.37. The number of nitrogens with one attached hydrogen (secondary N) is 1. The van der Waals surface area contributed by atoms with Gasteiger partial charge in [0.25, 0.3) is 0 Å². The van der Waals surface area contributed by atoms with E-state index in [-0.39, 0.29) is 17.7 Å². The third-order valence-corrected chi connectivity index (χ3v) is 5.16. The fourth-order valence-corrected chi connectivity index (χ4v) is 3.32. The lowest BCUT2D eigenvalue weighted by atomic mass is 9.89. The monoisotopic (exact) mass is 329 g/mol. The summed E-state index contributed by atoms with van der Waals surface area (Å²) in [6.07, 6.45) is 4.13. The van der Waals surface area contributed by atoms with Gasteiger partial charge in [0.2, 0.25) is 11.8 Å². The minimum Gasteiger partial charge on any atom is -0.356 e. The van der Waals surface area contributed by atoms with Gasteiger partial charge in [0, 0.05) is 19.6 Å². The summed E-state index contributed by atoms with van der Waals surface area (Å²) in [5, 5.41) is 3.04. The van der Waals surface area contributed by atoms with Gasteiger partial charge < -0.3 is 16.0 Å². The number of rotatable bonds is 5. The lowest BCUT2D eigenvalue weighted by molar-refractivity contribution is -0.140. The van der Waals surface area contributed by atoms with Gasteiger partial charge in [0.15, 0.2) is 0 Å². The van der Waals surface area contributed by atoms with Gasteiger partial charge in [0.1, 0.15) is 5.54 Å². The van der Waals surface area contributed by atoms with E-state index in [0.717, 1.165) is 24.9 Å². The standard InChI is InChI=1S/C19H27N3O2/c1-19(20,16-7-3-2-4-8-16)18(24)22-11-5-6-15(13-22)17(23)21-12-14-9-10-14/h2-4,7-8,14-15H,5-6,9-13,20H2,1H3,(H,21,23). The molecule has 0 spiro atoms. The molecule has 0 bridgehead atoms. The zero-order chi connectivity index (χ0) is 17.2. The molecule has 2 amide bonds. The number of carbonyl (C=O) groups excluding carboxylic acids is 2. The number of nitrogens with two attached hydrogens (primary N) is 1. The molecule has 1 saturated carbocycles. The van der Waals surface area contributed by atoms with Crippen molar-refractivity contribution < 1.29 is 9.59 Å². The van der Waals surface area contributed by atoms with E-state index in [1.165, 1.54) is 12.8 Å². The van der Waals surface area contributed by atoms with Crippen LogP contribution in [0.4, 0.5) is 0 Å². The van der Waals surface area contributed by atoms with Crippen molar-refractivity contribution in [3.8, 4) is 0 Å². The molecule has 1 aliphatic carbocycles. The fourth-order valence-electron chi connectivity index (χ4n) is 3.32. The Hall–Kier alpha value is -1.88. The molecule has 130 valence electrons. The van der Waals surface area contributed by atoms with Gasteiger partial charge >= 0.3 is 0 Å². The van der Waals surface area contributed by atoms with Crippen molar-refractivity contribution in [3.05, 3.63) is 35.9 Å². The van der Waals surface area contributed by atoms with Crippen LogP contribution < -0.4 is 11.1 Å². The summed E-state index contributed by atoms with van der Waals surface area (Å²) in [5.74, 6) is 0.528. The molecule has 3 N–H and O–H groups in total. The van der Waals surface area contributed by atoms with Crippen LogP contribution in [-0.4, -0.2) is 36.3 Å². The van der Waals surface area contributed by atoms with Gasteiger partial charge in [-0.15, -0.1) is 0 Å². The molecule has 1 heterocycles. The van der Waals surface area contributed by atoms with Gasteiger partial charge in [0.05, 0.1) is 5.92 Å². The number of nitrogens with zero attached hydrogens (tertiary/aromatic N) is 1. The van der Waals surface area contributed by atoms with Gasteiger partial charge in [-0.2, -0.15) is 0 Å². The SMILES string of the molecule is CC(N)(C(=O)N1CCCC(C(=O)NCC2CC2)C1)c1ccccc1. The Morgan fingerprint density at radius 1 is 1.25 bits per heavy atom. The summed E-state index contributed by atoms with van der Waals surface area (Å²) in [7, 11) is 0. The van der Waals surface area contributed by atoms with Crippen LogP contribution in [0, 0.1) is 11.8 Å². The smallest absolute Gasteiger partial charge is 0.246 e. The van der Waals surface area contributed by atoms with Crippen molar-refractivity contribution in [2.75, 3.05) is 19.6 Å². The second kappa shape index (κ2) is 6.93. The third kappa shape index (κ3) is 3.78. The van der Waals surface area contributed by atoms with E-state index in [4.69, 9.17) is 5.73 Å². The van der Waals surface area contributed by atoms with E-state index in [0.29, 0.717) is 19.0 Å².